The highest BCUT2D eigenvalue weighted by Crippen LogP contribution is 2.48. The fourth-order valence-corrected chi connectivity index (χ4v) is 3.05. The van der Waals surface area contributed by atoms with E-state index < -0.39 is 5.54 Å². The van der Waals surface area contributed by atoms with Crippen LogP contribution in [0, 0.1) is 11.3 Å². The van der Waals surface area contributed by atoms with E-state index >= 15 is 0 Å². The molecule has 1 saturated heterocycles. The van der Waals surface area contributed by atoms with Gasteiger partial charge in [0.15, 0.2) is 5.96 Å². The molecule has 2 aliphatic rings. The predicted octanol–water partition coefficient (Wildman–Crippen LogP) is 2.05. The summed E-state index contributed by atoms with van der Waals surface area (Å²) in [6.07, 6.45) is 2.07. The molecule has 0 aromatic heterocycles. The van der Waals surface area contributed by atoms with E-state index in [9.17, 15) is 4.79 Å². The lowest BCUT2D eigenvalue weighted by Gasteiger charge is -2.27. The van der Waals surface area contributed by atoms with Crippen molar-refractivity contribution in [3.8, 4) is 0 Å². The monoisotopic (exact) mass is 307 g/mol. The van der Waals surface area contributed by atoms with E-state index in [1.807, 2.05) is 24.3 Å². The van der Waals surface area contributed by atoms with Gasteiger partial charge in [0, 0.05) is 11.5 Å². The molecular weight excluding hydrogens is 294 g/mol. The molecule has 1 saturated carbocycles. The van der Waals surface area contributed by atoms with Gasteiger partial charge in [-0.05, 0) is 36.5 Å². The number of carbonyl (C=O) groups excluding carboxylic acids is 1. The lowest BCUT2D eigenvalue weighted by molar-refractivity contribution is -0.131. The summed E-state index contributed by atoms with van der Waals surface area (Å²) in [6.45, 7) is 0. The molecule has 0 bridgehead atoms. The maximum absolute atomic E-state index is 12.5. The number of nitrogens with one attached hydrogen (secondary N) is 2. The second-order valence-electron chi connectivity index (χ2n) is 4.93. The van der Waals surface area contributed by atoms with Crippen molar-refractivity contribution in [1.82, 2.24) is 10.2 Å². The Labute approximate surface area is 114 Å². The second-order valence-corrected chi connectivity index (χ2v) is 5.85. The number of nitrogens with zero attached hydrogens (tertiary/aromatic N) is 1. The smallest absolute Gasteiger partial charge is 0.259 e. The molecule has 5 heteroatoms. The quantitative estimate of drug-likeness (QED) is 0.878. The highest BCUT2D eigenvalue weighted by atomic mass is 79.9. The number of likely N-dealkylation sites (N-methyl/N-ethyl adjacent to an activating group) is 1. The largest absolute Gasteiger partial charge is 0.338 e. The van der Waals surface area contributed by atoms with E-state index in [1.165, 1.54) is 4.90 Å². The number of amides is 1. The zero-order valence-corrected chi connectivity index (χ0v) is 11.6. The standard InChI is InChI=1S/C13H14BrN3O/c1-17-11(18)13(8-5-6-8,16-12(17)15)9-3-2-4-10(14)7-9/h2-4,7-8H,5-6H2,1H3,(H2,15,16)/t13-/m0/s1. The number of hydrogen-bond donors (Lipinski definition) is 2. The average Bonchev–Trinajstić information content (AvgIpc) is 3.15. The summed E-state index contributed by atoms with van der Waals surface area (Å²) in [4.78, 5) is 13.9. The van der Waals surface area contributed by atoms with E-state index in [0.29, 0.717) is 5.92 Å². The van der Waals surface area contributed by atoms with Gasteiger partial charge in [-0.15, -0.1) is 0 Å². The van der Waals surface area contributed by atoms with Gasteiger partial charge in [0.1, 0.15) is 5.54 Å². The van der Waals surface area contributed by atoms with Gasteiger partial charge in [-0.3, -0.25) is 15.1 Å². The Hall–Kier alpha value is -1.36. The second kappa shape index (κ2) is 3.82. The van der Waals surface area contributed by atoms with Crippen molar-refractivity contribution in [3.05, 3.63) is 34.3 Å². The van der Waals surface area contributed by atoms with Crippen LogP contribution in [0.2, 0.25) is 0 Å². The molecule has 1 aliphatic heterocycles. The van der Waals surface area contributed by atoms with Crippen LogP contribution in [0.4, 0.5) is 0 Å². The van der Waals surface area contributed by atoms with Crippen molar-refractivity contribution >= 4 is 27.8 Å². The third kappa shape index (κ3) is 1.50. The Kier molecular flexibility index (Phi) is 2.48. The van der Waals surface area contributed by atoms with Crippen molar-refractivity contribution < 1.29 is 4.79 Å². The van der Waals surface area contributed by atoms with Crippen molar-refractivity contribution in [3.63, 3.8) is 0 Å². The van der Waals surface area contributed by atoms with E-state index in [1.54, 1.807) is 7.05 Å². The number of rotatable bonds is 2. The molecule has 1 aromatic rings. The van der Waals surface area contributed by atoms with Gasteiger partial charge in [0.05, 0.1) is 0 Å². The predicted molar refractivity (Wildman–Crippen MR) is 72.2 cm³/mol. The lowest BCUT2D eigenvalue weighted by atomic mass is 9.85. The fraction of sp³-hybridized carbons (Fsp3) is 0.385. The molecule has 0 unspecified atom stereocenters. The minimum Gasteiger partial charge on any atom is -0.338 e. The van der Waals surface area contributed by atoms with Crippen LogP contribution in [0.15, 0.2) is 28.7 Å². The minimum atomic E-state index is -0.727. The highest BCUT2D eigenvalue weighted by Gasteiger charge is 2.58. The molecule has 2 N–H and O–H groups in total. The molecule has 18 heavy (non-hydrogen) atoms. The first-order valence-electron chi connectivity index (χ1n) is 5.96. The number of carbonyl (C=O) groups is 1. The van der Waals surface area contributed by atoms with E-state index in [4.69, 9.17) is 5.41 Å². The molecule has 0 radical (unpaired) electrons. The molecular formula is C13H14BrN3O. The highest BCUT2D eigenvalue weighted by molar-refractivity contribution is 9.10. The Bertz CT molecular complexity index is 541. The molecule has 94 valence electrons. The minimum absolute atomic E-state index is 0.0203. The van der Waals surface area contributed by atoms with E-state index in [2.05, 4.69) is 21.2 Å². The van der Waals surface area contributed by atoms with Crippen molar-refractivity contribution in [2.24, 2.45) is 5.92 Å². The molecule has 1 atom stereocenters. The number of halogens is 1. The van der Waals surface area contributed by atoms with Crippen LogP contribution >= 0.6 is 15.9 Å². The zero-order chi connectivity index (χ0) is 12.9. The molecule has 3 rings (SSSR count). The summed E-state index contributed by atoms with van der Waals surface area (Å²) in [5.41, 5.74) is 0.216. The Morgan fingerprint density at radius 3 is 2.72 bits per heavy atom. The van der Waals surface area contributed by atoms with Crippen molar-refractivity contribution in [1.29, 1.82) is 5.41 Å². The first-order valence-corrected chi connectivity index (χ1v) is 6.76. The van der Waals surface area contributed by atoms with Gasteiger partial charge >= 0.3 is 0 Å². The van der Waals surface area contributed by atoms with Crippen LogP contribution in [0.25, 0.3) is 0 Å². The van der Waals surface area contributed by atoms with Crippen LogP contribution in [-0.2, 0) is 10.3 Å². The molecule has 0 spiro atoms. The van der Waals surface area contributed by atoms with Crippen LogP contribution in [0.5, 0.6) is 0 Å². The summed E-state index contributed by atoms with van der Waals surface area (Å²) < 4.78 is 0.954. The van der Waals surface area contributed by atoms with Crippen LogP contribution in [0.3, 0.4) is 0 Å². The van der Waals surface area contributed by atoms with Gasteiger partial charge in [-0.25, -0.2) is 0 Å². The zero-order valence-electron chi connectivity index (χ0n) is 10.0. The third-order valence-corrected chi connectivity index (χ3v) is 4.26. The molecule has 1 amide bonds. The van der Waals surface area contributed by atoms with Crippen molar-refractivity contribution in [2.75, 3.05) is 7.05 Å². The molecule has 4 nitrogen and oxygen atoms in total. The number of guanidine groups is 1. The molecule has 1 aliphatic carbocycles. The van der Waals surface area contributed by atoms with Gasteiger partial charge in [0.2, 0.25) is 0 Å². The van der Waals surface area contributed by atoms with Crippen molar-refractivity contribution in [2.45, 2.75) is 18.4 Å². The van der Waals surface area contributed by atoms with Crippen LogP contribution < -0.4 is 5.32 Å². The summed E-state index contributed by atoms with van der Waals surface area (Å²) in [5, 5.41) is 11.0. The molecule has 1 heterocycles. The average molecular weight is 308 g/mol. The van der Waals surface area contributed by atoms with E-state index in [-0.39, 0.29) is 11.9 Å². The Morgan fingerprint density at radius 1 is 1.50 bits per heavy atom. The van der Waals surface area contributed by atoms with Gasteiger partial charge in [-0.1, -0.05) is 28.1 Å². The fourth-order valence-electron chi connectivity index (χ4n) is 2.65. The SMILES string of the molecule is CN1C(=N)N[C@](c2cccc(Br)c2)(C2CC2)C1=O. The summed E-state index contributed by atoms with van der Waals surface area (Å²) in [5.74, 6) is 0.463. The number of hydrogen-bond acceptors (Lipinski definition) is 2. The first-order chi connectivity index (χ1) is 8.55. The summed E-state index contributed by atoms with van der Waals surface area (Å²) in [6, 6.07) is 7.80. The topological polar surface area (TPSA) is 56.2 Å². The first kappa shape index (κ1) is 11.7. The maximum atomic E-state index is 12.5. The normalized spacial score (nSPS) is 27.6. The maximum Gasteiger partial charge on any atom is 0.259 e. The van der Waals surface area contributed by atoms with Gasteiger partial charge < -0.3 is 5.32 Å². The lowest BCUT2D eigenvalue weighted by Crippen LogP contribution is -2.46. The summed E-state index contributed by atoms with van der Waals surface area (Å²) in [7, 11) is 1.65. The Morgan fingerprint density at radius 2 is 2.22 bits per heavy atom. The summed E-state index contributed by atoms with van der Waals surface area (Å²) >= 11 is 3.45. The Balaban J connectivity index is 2.13. The molecule has 1 aromatic carbocycles. The van der Waals surface area contributed by atoms with Crippen LogP contribution in [-0.4, -0.2) is 23.8 Å². The van der Waals surface area contributed by atoms with Gasteiger partial charge in [-0.2, -0.15) is 0 Å². The number of benzene rings is 1. The van der Waals surface area contributed by atoms with Gasteiger partial charge in [0.25, 0.3) is 5.91 Å². The third-order valence-electron chi connectivity index (χ3n) is 3.76. The molecule has 2 fully saturated rings. The van der Waals surface area contributed by atoms with Crippen LogP contribution in [0.1, 0.15) is 18.4 Å². The van der Waals surface area contributed by atoms with E-state index in [0.717, 1.165) is 22.9 Å².